The first-order chi connectivity index (χ1) is 17.2. The summed E-state index contributed by atoms with van der Waals surface area (Å²) in [6, 6.07) is 10.3. The maximum atomic E-state index is 13.7. The maximum absolute atomic E-state index is 13.7. The Morgan fingerprint density at radius 2 is 0.861 bits per heavy atom. The van der Waals surface area contributed by atoms with Gasteiger partial charge in [-0.3, -0.25) is 19.2 Å². The lowest BCUT2D eigenvalue weighted by Gasteiger charge is -2.53. The molecule has 0 saturated carbocycles. The van der Waals surface area contributed by atoms with E-state index in [1.54, 1.807) is 74.5 Å². The molecule has 2 aromatic carbocycles. The number of benzene rings is 2. The third-order valence-electron chi connectivity index (χ3n) is 8.14. The van der Waals surface area contributed by atoms with Gasteiger partial charge in [-0.2, -0.15) is 0 Å². The predicted molar refractivity (Wildman–Crippen MR) is 137 cm³/mol. The number of rotatable bonds is 2. The molecule has 2 fully saturated rings. The van der Waals surface area contributed by atoms with Gasteiger partial charge in [-0.25, -0.2) is 9.80 Å². The Kier molecular flexibility index (Phi) is 5.25. The number of amides is 4. The first-order valence-electron chi connectivity index (χ1n) is 11.8. The van der Waals surface area contributed by atoms with Crippen LogP contribution in [0.15, 0.2) is 60.7 Å². The van der Waals surface area contributed by atoms with Crippen molar-refractivity contribution in [3.05, 3.63) is 81.9 Å². The lowest BCUT2D eigenvalue weighted by molar-refractivity contribution is -0.148. The largest absolute Gasteiger partial charge is 0.273 e. The highest BCUT2D eigenvalue weighted by atomic mass is 35.5. The minimum absolute atomic E-state index is 0.358. The van der Waals surface area contributed by atoms with E-state index in [0.29, 0.717) is 32.5 Å². The van der Waals surface area contributed by atoms with Crippen LogP contribution in [-0.4, -0.2) is 23.6 Å². The summed E-state index contributed by atoms with van der Waals surface area (Å²) in [6.07, 6.45) is 6.97. The molecule has 4 aliphatic rings. The highest BCUT2D eigenvalue weighted by molar-refractivity contribution is 6.33. The van der Waals surface area contributed by atoms with Crippen molar-refractivity contribution >= 4 is 58.2 Å². The van der Waals surface area contributed by atoms with Gasteiger partial charge in [0.05, 0.1) is 35.0 Å². The van der Waals surface area contributed by atoms with Crippen molar-refractivity contribution in [3.63, 3.8) is 0 Å². The molecule has 4 atom stereocenters. The first-order valence-corrected chi connectivity index (χ1v) is 12.6. The summed E-state index contributed by atoms with van der Waals surface area (Å²) in [5.41, 5.74) is 2.20. The number of carbonyl (C=O) groups is 4. The molecule has 6 rings (SSSR count). The number of carbonyl (C=O) groups excluding carboxylic acids is 4. The van der Waals surface area contributed by atoms with Crippen LogP contribution in [-0.2, 0) is 19.2 Å². The summed E-state index contributed by atoms with van der Waals surface area (Å²) >= 11 is 12.6. The Morgan fingerprint density at radius 1 is 0.556 bits per heavy atom. The third-order valence-corrected chi connectivity index (χ3v) is 8.96. The second kappa shape index (κ2) is 8.15. The summed E-state index contributed by atoms with van der Waals surface area (Å²) in [4.78, 5) is 57.3. The van der Waals surface area contributed by atoms with Crippen LogP contribution in [0.1, 0.15) is 11.1 Å². The van der Waals surface area contributed by atoms with E-state index in [0.717, 1.165) is 0 Å². The van der Waals surface area contributed by atoms with Crippen LogP contribution in [0.3, 0.4) is 0 Å². The van der Waals surface area contributed by atoms with E-state index in [1.165, 1.54) is 9.80 Å². The van der Waals surface area contributed by atoms with Crippen molar-refractivity contribution in [2.75, 3.05) is 9.80 Å². The topological polar surface area (TPSA) is 74.8 Å². The maximum Gasteiger partial charge on any atom is 0.241 e. The molecular weight excluding hydrogens is 499 g/mol. The molecule has 0 aromatic heterocycles. The molecule has 36 heavy (non-hydrogen) atoms. The van der Waals surface area contributed by atoms with Crippen LogP contribution in [0.4, 0.5) is 11.4 Å². The molecule has 0 bridgehead atoms. The smallest absolute Gasteiger partial charge is 0.241 e. The molecule has 6 nitrogen and oxygen atoms in total. The van der Waals surface area contributed by atoms with E-state index in [9.17, 15) is 19.2 Å². The van der Waals surface area contributed by atoms with E-state index < -0.39 is 35.5 Å². The van der Waals surface area contributed by atoms with E-state index in [1.807, 2.05) is 0 Å². The SMILES string of the molecule is Cc1c(Cl)cccc1N1C(=O)[C@H]2C=C[C@@H]3C(=O)N(c4cccc(Cl)c4C)C(=O)[C@H]4C=C[C@H](C1=O)C2C34. The van der Waals surface area contributed by atoms with Gasteiger partial charge in [0.15, 0.2) is 0 Å². The predicted octanol–water partition coefficient (Wildman–Crippen LogP) is 4.89. The quantitative estimate of drug-likeness (QED) is 0.417. The van der Waals surface area contributed by atoms with Crippen molar-refractivity contribution in [1.82, 2.24) is 0 Å². The van der Waals surface area contributed by atoms with Gasteiger partial charge in [0.25, 0.3) is 0 Å². The third kappa shape index (κ3) is 3.04. The lowest BCUT2D eigenvalue weighted by atomic mass is 9.55. The molecule has 4 amide bonds. The lowest BCUT2D eigenvalue weighted by Crippen LogP contribution is -2.64. The molecule has 0 N–H and O–H groups in total. The van der Waals surface area contributed by atoms with Gasteiger partial charge in [-0.05, 0) is 61.1 Å². The second-order valence-corrected chi connectivity index (χ2v) is 10.6. The number of nitrogens with zero attached hydrogens (tertiary/aromatic N) is 2. The fourth-order valence-corrected chi connectivity index (χ4v) is 6.69. The molecule has 2 aromatic rings. The first kappa shape index (κ1) is 23.2. The van der Waals surface area contributed by atoms with E-state index in [4.69, 9.17) is 23.2 Å². The van der Waals surface area contributed by atoms with Gasteiger partial charge in [0.1, 0.15) is 0 Å². The molecule has 2 saturated heterocycles. The fourth-order valence-electron chi connectivity index (χ4n) is 6.35. The molecule has 2 aliphatic heterocycles. The fraction of sp³-hybridized carbons (Fsp3) is 0.286. The Morgan fingerprint density at radius 3 is 1.17 bits per heavy atom. The Labute approximate surface area is 218 Å². The highest BCUT2D eigenvalue weighted by Gasteiger charge is 2.61. The van der Waals surface area contributed by atoms with Gasteiger partial charge in [0, 0.05) is 10.0 Å². The average molecular weight is 521 g/mol. The minimum Gasteiger partial charge on any atom is -0.273 e. The molecule has 2 aliphatic carbocycles. The van der Waals surface area contributed by atoms with Crippen molar-refractivity contribution in [2.24, 2.45) is 35.5 Å². The average Bonchev–Trinajstić information content (AvgIpc) is 2.86. The van der Waals surface area contributed by atoms with Crippen molar-refractivity contribution < 1.29 is 19.2 Å². The molecule has 8 heteroatoms. The number of halogens is 2. The number of hydrogen-bond acceptors (Lipinski definition) is 4. The van der Waals surface area contributed by atoms with E-state index in [-0.39, 0.29) is 23.6 Å². The Balaban J connectivity index is 1.45. The summed E-state index contributed by atoms with van der Waals surface area (Å²) in [6.45, 7) is 3.54. The van der Waals surface area contributed by atoms with Gasteiger partial charge >= 0.3 is 0 Å². The zero-order valence-corrected chi connectivity index (χ0v) is 21.0. The zero-order chi connectivity index (χ0) is 25.5. The van der Waals surface area contributed by atoms with Gasteiger partial charge in [-0.1, -0.05) is 59.6 Å². The monoisotopic (exact) mass is 520 g/mol. The van der Waals surface area contributed by atoms with Gasteiger partial charge in [0.2, 0.25) is 23.6 Å². The Hall–Kier alpha value is -3.22. The molecule has 0 spiro atoms. The zero-order valence-electron chi connectivity index (χ0n) is 19.5. The van der Waals surface area contributed by atoms with Crippen molar-refractivity contribution in [2.45, 2.75) is 13.8 Å². The van der Waals surface area contributed by atoms with Crippen LogP contribution >= 0.6 is 23.2 Å². The van der Waals surface area contributed by atoms with Gasteiger partial charge in [-0.15, -0.1) is 0 Å². The molecule has 2 heterocycles. The van der Waals surface area contributed by atoms with E-state index >= 15 is 0 Å². The highest BCUT2D eigenvalue weighted by Crippen LogP contribution is 2.54. The number of hydrogen-bond donors (Lipinski definition) is 0. The minimum atomic E-state index is -0.625. The van der Waals surface area contributed by atoms with Crippen LogP contribution in [0.2, 0.25) is 10.0 Å². The molecule has 0 unspecified atom stereocenters. The normalized spacial score (nSPS) is 30.7. The van der Waals surface area contributed by atoms with Crippen molar-refractivity contribution in [1.29, 1.82) is 0 Å². The summed E-state index contributed by atoms with van der Waals surface area (Å²) < 4.78 is 0. The number of piperidine rings is 2. The van der Waals surface area contributed by atoms with Crippen LogP contribution in [0.25, 0.3) is 0 Å². The summed E-state index contributed by atoms with van der Waals surface area (Å²) in [5.74, 6) is -4.87. The summed E-state index contributed by atoms with van der Waals surface area (Å²) in [5, 5.41) is 0.933. The van der Waals surface area contributed by atoms with Crippen LogP contribution < -0.4 is 9.80 Å². The van der Waals surface area contributed by atoms with Crippen molar-refractivity contribution in [3.8, 4) is 0 Å². The number of imide groups is 2. The number of anilines is 2. The van der Waals surface area contributed by atoms with Crippen LogP contribution in [0, 0.1) is 49.4 Å². The molecule has 0 radical (unpaired) electrons. The summed E-state index contributed by atoms with van der Waals surface area (Å²) in [7, 11) is 0. The molecular formula is C28H22Cl2N2O4. The standard InChI is InChI=1S/C28H22Cl2N2O4/c1-13-19(29)5-3-7-21(13)31-25(33)15-9-11-17-24-18(12-10-16(23(15)24)26(31)34)28(36)32(27(17)35)22-8-4-6-20(30)14(22)2/h3-12,15-18,23-24H,1-2H3/t15-,16-,17-,18-,23?,24?/m0/s1. The van der Waals surface area contributed by atoms with Gasteiger partial charge < -0.3 is 0 Å². The Bertz CT molecular complexity index is 1270. The second-order valence-electron chi connectivity index (χ2n) is 9.82. The van der Waals surface area contributed by atoms with Crippen LogP contribution in [0.5, 0.6) is 0 Å². The molecule has 182 valence electrons. The van der Waals surface area contributed by atoms with E-state index in [2.05, 4.69) is 0 Å².